The molecule has 106 valence electrons. The molecule has 0 unspecified atom stereocenters. The standard InChI is InChI=1S/C17H17N3O/c1-11-4-5-14(8-12(11)2)19-6-7-20-16(19)9-13(3)15(10-18)17(20)21/h4-5,8-9H,6-7H2,1-3H3. The van der Waals surface area contributed by atoms with Crippen molar-refractivity contribution >= 4 is 11.5 Å². The van der Waals surface area contributed by atoms with Crippen LogP contribution in [0.2, 0.25) is 0 Å². The molecule has 21 heavy (non-hydrogen) atoms. The fraction of sp³-hybridized carbons (Fsp3) is 0.294. The van der Waals surface area contributed by atoms with E-state index in [1.54, 1.807) is 4.57 Å². The molecule has 2 aromatic rings. The molecule has 0 aliphatic carbocycles. The number of hydrogen-bond donors (Lipinski definition) is 0. The number of fused-ring (bicyclic) bond motifs is 1. The van der Waals surface area contributed by atoms with Crippen LogP contribution in [0.3, 0.4) is 0 Å². The Bertz CT molecular complexity index is 827. The van der Waals surface area contributed by atoms with Crippen LogP contribution < -0.4 is 10.5 Å². The number of rotatable bonds is 1. The molecule has 2 heterocycles. The summed E-state index contributed by atoms with van der Waals surface area (Å²) in [7, 11) is 0. The topological polar surface area (TPSA) is 49.0 Å². The predicted octanol–water partition coefficient (Wildman–Crippen LogP) is 2.80. The molecule has 0 radical (unpaired) electrons. The highest BCUT2D eigenvalue weighted by Gasteiger charge is 2.24. The van der Waals surface area contributed by atoms with Crippen LogP contribution in [0.5, 0.6) is 0 Å². The fourth-order valence-corrected chi connectivity index (χ4v) is 2.80. The molecule has 0 saturated carbocycles. The SMILES string of the molecule is Cc1ccc(N2CCn3c2cc(C)c(C#N)c3=O)cc1C. The molecule has 4 heteroatoms. The number of benzene rings is 1. The molecule has 1 aromatic carbocycles. The first kappa shape index (κ1) is 13.4. The number of nitrogens with zero attached hydrogens (tertiary/aromatic N) is 3. The zero-order chi connectivity index (χ0) is 15.1. The van der Waals surface area contributed by atoms with E-state index in [1.165, 1.54) is 11.1 Å². The first-order valence-corrected chi connectivity index (χ1v) is 7.02. The molecule has 3 rings (SSSR count). The molecule has 0 spiro atoms. The Morgan fingerprint density at radius 2 is 1.81 bits per heavy atom. The molecule has 0 N–H and O–H groups in total. The van der Waals surface area contributed by atoms with Gasteiger partial charge in [0.1, 0.15) is 17.5 Å². The average Bonchev–Trinajstić information content (AvgIpc) is 2.86. The van der Waals surface area contributed by atoms with Crippen LogP contribution in [0.15, 0.2) is 29.1 Å². The van der Waals surface area contributed by atoms with Crippen molar-refractivity contribution < 1.29 is 0 Å². The smallest absolute Gasteiger partial charge is 0.270 e. The van der Waals surface area contributed by atoms with Crippen molar-refractivity contribution in [3.05, 3.63) is 56.9 Å². The van der Waals surface area contributed by atoms with Crippen LogP contribution in [0.4, 0.5) is 11.5 Å². The van der Waals surface area contributed by atoms with Gasteiger partial charge in [-0.2, -0.15) is 5.26 Å². The first-order valence-electron chi connectivity index (χ1n) is 7.02. The van der Waals surface area contributed by atoms with Gasteiger partial charge in [-0.1, -0.05) is 6.07 Å². The van der Waals surface area contributed by atoms with Crippen LogP contribution >= 0.6 is 0 Å². The van der Waals surface area contributed by atoms with E-state index < -0.39 is 0 Å². The van der Waals surface area contributed by atoms with Crippen molar-refractivity contribution in [3.8, 4) is 6.07 Å². The highest BCUT2D eigenvalue weighted by Crippen LogP contribution is 2.31. The van der Waals surface area contributed by atoms with E-state index in [-0.39, 0.29) is 11.1 Å². The van der Waals surface area contributed by atoms with Gasteiger partial charge < -0.3 is 4.90 Å². The molecule has 1 aromatic heterocycles. The van der Waals surface area contributed by atoms with E-state index in [1.807, 2.05) is 19.1 Å². The van der Waals surface area contributed by atoms with Gasteiger partial charge in [-0.15, -0.1) is 0 Å². The van der Waals surface area contributed by atoms with Gasteiger partial charge in [-0.25, -0.2) is 0 Å². The summed E-state index contributed by atoms with van der Waals surface area (Å²) < 4.78 is 1.70. The molecule has 0 bridgehead atoms. The summed E-state index contributed by atoms with van der Waals surface area (Å²) in [5.41, 5.74) is 4.39. The lowest BCUT2D eigenvalue weighted by Gasteiger charge is -2.20. The molecule has 0 atom stereocenters. The highest BCUT2D eigenvalue weighted by atomic mass is 16.1. The summed E-state index contributed by atoms with van der Waals surface area (Å²) >= 11 is 0. The second-order valence-corrected chi connectivity index (χ2v) is 5.55. The number of anilines is 2. The molecule has 1 aliphatic heterocycles. The number of aromatic nitrogens is 1. The van der Waals surface area contributed by atoms with Gasteiger partial charge in [-0.05, 0) is 55.7 Å². The summed E-state index contributed by atoms with van der Waals surface area (Å²) in [6.45, 7) is 7.37. The molecular formula is C17H17N3O. The maximum atomic E-state index is 12.3. The van der Waals surface area contributed by atoms with Gasteiger partial charge in [0.2, 0.25) is 0 Å². The van der Waals surface area contributed by atoms with E-state index in [4.69, 9.17) is 5.26 Å². The van der Waals surface area contributed by atoms with Crippen molar-refractivity contribution in [1.82, 2.24) is 4.57 Å². The molecule has 0 amide bonds. The van der Waals surface area contributed by atoms with Gasteiger partial charge >= 0.3 is 0 Å². The third-order valence-corrected chi connectivity index (χ3v) is 4.21. The van der Waals surface area contributed by atoms with E-state index in [9.17, 15) is 4.79 Å². The quantitative estimate of drug-likeness (QED) is 0.806. The van der Waals surface area contributed by atoms with Gasteiger partial charge in [0.05, 0.1) is 0 Å². The van der Waals surface area contributed by atoms with Crippen molar-refractivity contribution in [2.45, 2.75) is 27.3 Å². The maximum absolute atomic E-state index is 12.3. The number of nitriles is 1. The lowest BCUT2D eigenvalue weighted by Crippen LogP contribution is -2.22. The minimum absolute atomic E-state index is 0.182. The second kappa shape index (κ2) is 4.78. The molecule has 0 fully saturated rings. The Kier molecular flexibility index (Phi) is 3.06. The maximum Gasteiger partial charge on any atom is 0.270 e. The van der Waals surface area contributed by atoms with Crippen molar-refractivity contribution in [2.75, 3.05) is 11.4 Å². The van der Waals surface area contributed by atoms with E-state index >= 15 is 0 Å². The van der Waals surface area contributed by atoms with Gasteiger partial charge in [-0.3, -0.25) is 9.36 Å². The van der Waals surface area contributed by atoms with Crippen molar-refractivity contribution in [3.63, 3.8) is 0 Å². The summed E-state index contributed by atoms with van der Waals surface area (Å²) in [6, 6.07) is 10.3. The summed E-state index contributed by atoms with van der Waals surface area (Å²) in [5, 5.41) is 9.10. The predicted molar refractivity (Wildman–Crippen MR) is 83.1 cm³/mol. The minimum Gasteiger partial charge on any atom is -0.326 e. The number of pyridine rings is 1. The Labute approximate surface area is 123 Å². The van der Waals surface area contributed by atoms with Crippen LogP contribution in [0, 0.1) is 32.1 Å². The average molecular weight is 279 g/mol. The van der Waals surface area contributed by atoms with E-state index in [0.29, 0.717) is 6.54 Å². The van der Waals surface area contributed by atoms with Crippen molar-refractivity contribution in [2.24, 2.45) is 0 Å². The van der Waals surface area contributed by atoms with Gasteiger partial charge in [0, 0.05) is 18.8 Å². The molecule has 1 aliphatic rings. The number of aryl methyl sites for hydroxylation is 3. The van der Waals surface area contributed by atoms with Crippen LogP contribution in [-0.2, 0) is 6.54 Å². The molecule has 4 nitrogen and oxygen atoms in total. The number of hydrogen-bond acceptors (Lipinski definition) is 3. The van der Waals surface area contributed by atoms with Gasteiger partial charge in [0.25, 0.3) is 5.56 Å². The third kappa shape index (κ3) is 2.02. The molecule has 0 saturated heterocycles. The zero-order valence-corrected chi connectivity index (χ0v) is 12.5. The van der Waals surface area contributed by atoms with E-state index in [0.717, 1.165) is 23.6 Å². The largest absolute Gasteiger partial charge is 0.326 e. The Hall–Kier alpha value is -2.54. The second-order valence-electron chi connectivity index (χ2n) is 5.55. The van der Waals surface area contributed by atoms with Crippen LogP contribution in [0.25, 0.3) is 0 Å². The van der Waals surface area contributed by atoms with Gasteiger partial charge in [0.15, 0.2) is 0 Å². The Balaban J connectivity index is 2.15. The Morgan fingerprint density at radius 3 is 2.48 bits per heavy atom. The summed E-state index contributed by atoms with van der Waals surface area (Å²) in [4.78, 5) is 14.5. The van der Waals surface area contributed by atoms with Crippen LogP contribution in [-0.4, -0.2) is 11.1 Å². The summed E-state index contributed by atoms with van der Waals surface area (Å²) in [5.74, 6) is 0.875. The monoisotopic (exact) mass is 279 g/mol. The Morgan fingerprint density at radius 1 is 1.05 bits per heavy atom. The lowest BCUT2D eigenvalue weighted by atomic mass is 10.1. The molecular weight excluding hydrogens is 262 g/mol. The zero-order valence-electron chi connectivity index (χ0n) is 12.5. The summed E-state index contributed by atoms with van der Waals surface area (Å²) in [6.07, 6.45) is 0. The third-order valence-electron chi connectivity index (χ3n) is 4.21. The highest BCUT2D eigenvalue weighted by molar-refractivity contribution is 5.65. The minimum atomic E-state index is -0.182. The normalized spacial score (nSPS) is 13.1. The van der Waals surface area contributed by atoms with E-state index in [2.05, 4.69) is 36.9 Å². The van der Waals surface area contributed by atoms with Crippen molar-refractivity contribution in [1.29, 1.82) is 5.26 Å². The lowest BCUT2D eigenvalue weighted by molar-refractivity contribution is 0.763. The fourth-order valence-electron chi connectivity index (χ4n) is 2.80. The van der Waals surface area contributed by atoms with Crippen LogP contribution in [0.1, 0.15) is 22.3 Å². The first-order chi connectivity index (χ1) is 10.0.